The lowest BCUT2D eigenvalue weighted by Crippen LogP contribution is -2.39. The zero-order valence-corrected chi connectivity index (χ0v) is 13.7. The highest BCUT2D eigenvalue weighted by molar-refractivity contribution is 5.85. The molecule has 0 aliphatic heterocycles. The molecule has 0 spiro atoms. The molecule has 5 nitrogen and oxygen atoms in total. The molecule has 0 bridgehead atoms. The van der Waals surface area contributed by atoms with Crippen LogP contribution in [-0.4, -0.2) is 24.1 Å². The van der Waals surface area contributed by atoms with E-state index in [1.165, 1.54) is 0 Å². The number of carbonyl (C=O) groups is 2. The fourth-order valence-electron chi connectivity index (χ4n) is 2.97. The predicted molar refractivity (Wildman–Crippen MR) is 87.3 cm³/mol. The number of rotatable bonds is 5. The summed E-state index contributed by atoms with van der Waals surface area (Å²) < 4.78 is 5.35. The van der Waals surface area contributed by atoms with Gasteiger partial charge in [0.15, 0.2) is 0 Å². The Balaban J connectivity index is 2.14. The number of aliphatic carboxylic acids is 1. The lowest BCUT2D eigenvalue weighted by molar-refractivity contribution is -0.147. The van der Waals surface area contributed by atoms with E-state index < -0.39 is 17.8 Å². The number of nitrogens with one attached hydrogen (secondary N) is 1. The molecule has 1 aromatic rings. The summed E-state index contributed by atoms with van der Waals surface area (Å²) in [4.78, 5) is 23.9. The van der Waals surface area contributed by atoms with Crippen LogP contribution in [0.5, 0.6) is 5.75 Å². The summed E-state index contributed by atoms with van der Waals surface area (Å²) in [5.41, 5.74) is 1.96. The van der Waals surface area contributed by atoms with E-state index in [2.05, 4.69) is 5.32 Å². The van der Waals surface area contributed by atoms with Gasteiger partial charge in [-0.15, -0.1) is 0 Å². The van der Waals surface area contributed by atoms with Gasteiger partial charge < -0.3 is 15.2 Å². The van der Waals surface area contributed by atoms with Crippen LogP contribution >= 0.6 is 0 Å². The molecular weight excluding hydrogens is 294 g/mol. The number of methoxy groups -OCH3 is 1. The molecular formula is C18H23NO4. The van der Waals surface area contributed by atoms with E-state index in [9.17, 15) is 14.7 Å². The Morgan fingerprint density at radius 2 is 1.91 bits per heavy atom. The third kappa shape index (κ3) is 3.92. The minimum atomic E-state index is -0.921. The first-order chi connectivity index (χ1) is 10.9. The maximum atomic E-state index is 12.5. The van der Waals surface area contributed by atoms with Gasteiger partial charge in [0, 0.05) is 5.56 Å². The van der Waals surface area contributed by atoms with E-state index in [0.29, 0.717) is 18.6 Å². The van der Waals surface area contributed by atoms with Crippen LogP contribution in [0.3, 0.4) is 0 Å². The highest BCUT2D eigenvalue weighted by Gasteiger charge is 2.34. The van der Waals surface area contributed by atoms with Crippen LogP contribution in [0.1, 0.15) is 36.9 Å². The van der Waals surface area contributed by atoms with E-state index in [0.717, 1.165) is 11.1 Å². The molecule has 124 valence electrons. The Labute approximate surface area is 136 Å². The lowest BCUT2D eigenvalue weighted by Gasteiger charge is -2.26. The van der Waals surface area contributed by atoms with Crippen molar-refractivity contribution in [2.24, 2.45) is 11.8 Å². The van der Waals surface area contributed by atoms with Crippen LogP contribution in [0.25, 0.3) is 0 Å². The molecule has 0 radical (unpaired) electrons. The molecule has 0 fully saturated rings. The second-order valence-corrected chi connectivity index (χ2v) is 5.97. The smallest absolute Gasteiger partial charge is 0.307 e. The first-order valence-electron chi connectivity index (χ1n) is 7.76. The Morgan fingerprint density at radius 3 is 2.52 bits per heavy atom. The number of ether oxygens (including phenoxy) is 1. The number of hydrogen-bond donors (Lipinski definition) is 2. The van der Waals surface area contributed by atoms with Crippen molar-refractivity contribution in [1.29, 1.82) is 0 Å². The minimum absolute atomic E-state index is 0.224. The summed E-state index contributed by atoms with van der Waals surface area (Å²) in [6, 6.07) is 5.54. The molecule has 1 aromatic carbocycles. The Kier molecular flexibility index (Phi) is 5.42. The van der Waals surface area contributed by atoms with Gasteiger partial charge in [0.2, 0.25) is 5.91 Å². The predicted octanol–water partition coefficient (Wildman–Crippen LogP) is 2.85. The van der Waals surface area contributed by atoms with Gasteiger partial charge in [0.1, 0.15) is 5.75 Å². The summed E-state index contributed by atoms with van der Waals surface area (Å²) >= 11 is 0. The average molecular weight is 317 g/mol. The maximum absolute atomic E-state index is 12.5. The van der Waals surface area contributed by atoms with Gasteiger partial charge in [-0.05, 0) is 32.8 Å². The summed E-state index contributed by atoms with van der Waals surface area (Å²) in [5, 5.41) is 12.2. The summed E-state index contributed by atoms with van der Waals surface area (Å²) in [5.74, 6) is -1.63. The quantitative estimate of drug-likeness (QED) is 0.819. The largest absolute Gasteiger partial charge is 0.496 e. The second kappa shape index (κ2) is 7.31. The molecule has 0 saturated heterocycles. The second-order valence-electron chi connectivity index (χ2n) is 5.97. The average Bonchev–Trinajstić information content (AvgIpc) is 2.54. The summed E-state index contributed by atoms with van der Waals surface area (Å²) in [6.07, 6.45) is 4.56. The normalized spacial score (nSPS) is 21.5. The van der Waals surface area contributed by atoms with Gasteiger partial charge in [0.05, 0.1) is 25.0 Å². The zero-order chi connectivity index (χ0) is 17.0. The minimum Gasteiger partial charge on any atom is -0.496 e. The Hall–Kier alpha value is -2.30. The molecule has 0 heterocycles. The number of carboxylic acids is 1. The van der Waals surface area contributed by atoms with Crippen molar-refractivity contribution in [3.05, 3.63) is 41.5 Å². The summed E-state index contributed by atoms with van der Waals surface area (Å²) in [6.45, 7) is 3.85. The van der Waals surface area contributed by atoms with Crippen LogP contribution in [0.15, 0.2) is 30.4 Å². The van der Waals surface area contributed by atoms with Gasteiger partial charge in [0.25, 0.3) is 0 Å². The number of amides is 1. The van der Waals surface area contributed by atoms with Crippen LogP contribution < -0.4 is 10.1 Å². The fraction of sp³-hybridized carbons (Fsp3) is 0.444. The maximum Gasteiger partial charge on any atom is 0.307 e. The number of carboxylic acid groups (broad SMARTS) is 1. The number of allylic oxidation sites excluding steroid dienone is 2. The molecule has 23 heavy (non-hydrogen) atoms. The van der Waals surface area contributed by atoms with E-state index in [4.69, 9.17) is 4.74 Å². The first kappa shape index (κ1) is 17.1. The highest BCUT2D eigenvalue weighted by Crippen LogP contribution is 2.29. The highest BCUT2D eigenvalue weighted by atomic mass is 16.5. The molecule has 3 atom stereocenters. The molecule has 0 aromatic heterocycles. The number of hydrogen-bond acceptors (Lipinski definition) is 3. The van der Waals surface area contributed by atoms with Gasteiger partial charge in [-0.2, -0.15) is 0 Å². The number of aryl methyl sites for hydroxylation is 1. The molecule has 1 aliphatic carbocycles. The molecule has 1 aliphatic rings. The van der Waals surface area contributed by atoms with Crippen molar-refractivity contribution in [2.45, 2.75) is 32.7 Å². The zero-order valence-electron chi connectivity index (χ0n) is 13.7. The van der Waals surface area contributed by atoms with Gasteiger partial charge in [-0.25, -0.2) is 0 Å². The monoisotopic (exact) mass is 317 g/mol. The SMILES string of the molecule is COc1ccc(C)cc1[C@H](C)NC(=O)[C@@H]1CC=CC[C@@H]1C(=O)O. The number of benzene rings is 1. The van der Waals surface area contributed by atoms with E-state index in [1.807, 2.05) is 44.2 Å². The fourth-order valence-corrected chi connectivity index (χ4v) is 2.97. The lowest BCUT2D eigenvalue weighted by atomic mass is 9.82. The summed E-state index contributed by atoms with van der Waals surface area (Å²) in [7, 11) is 1.59. The molecule has 2 N–H and O–H groups in total. The van der Waals surface area contributed by atoms with Crippen LogP contribution in [0.4, 0.5) is 0 Å². The topological polar surface area (TPSA) is 75.6 Å². The van der Waals surface area contributed by atoms with Crippen molar-refractivity contribution < 1.29 is 19.4 Å². The molecule has 5 heteroatoms. The van der Waals surface area contributed by atoms with Gasteiger partial charge in [-0.3, -0.25) is 9.59 Å². The third-order valence-electron chi connectivity index (χ3n) is 4.30. The van der Waals surface area contributed by atoms with Crippen LogP contribution in [-0.2, 0) is 9.59 Å². The standard InChI is InChI=1S/C18H23NO4/c1-11-8-9-16(23-3)15(10-11)12(2)19-17(20)13-6-4-5-7-14(13)18(21)22/h4-5,8-10,12-14H,6-7H2,1-3H3,(H,19,20)(H,21,22)/t12-,13+,14-/m0/s1. The van der Waals surface area contributed by atoms with E-state index in [-0.39, 0.29) is 11.9 Å². The van der Waals surface area contributed by atoms with E-state index in [1.54, 1.807) is 7.11 Å². The van der Waals surface area contributed by atoms with Crippen LogP contribution in [0, 0.1) is 18.8 Å². The third-order valence-corrected chi connectivity index (χ3v) is 4.30. The molecule has 0 saturated carbocycles. The van der Waals surface area contributed by atoms with Crippen molar-refractivity contribution in [3.8, 4) is 5.75 Å². The van der Waals surface area contributed by atoms with Crippen LogP contribution in [0.2, 0.25) is 0 Å². The van der Waals surface area contributed by atoms with Crippen molar-refractivity contribution in [1.82, 2.24) is 5.32 Å². The van der Waals surface area contributed by atoms with E-state index >= 15 is 0 Å². The van der Waals surface area contributed by atoms with Crippen molar-refractivity contribution >= 4 is 11.9 Å². The van der Waals surface area contributed by atoms with Crippen molar-refractivity contribution in [3.63, 3.8) is 0 Å². The molecule has 1 amide bonds. The molecule has 2 rings (SSSR count). The Morgan fingerprint density at radius 1 is 1.26 bits per heavy atom. The van der Waals surface area contributed by atoms with Gasteiger partial charge in [-0.1, -0.05) is 29.8 Å². The Bertz CT molecular complexity index is 623. The number of carbonyl (C=O) groups excluding carboxylic acids is 1. The first-order valence-corrected chi connectivity index (χ1v) is 7.76. The van der Waals surface area contributed by atoms with Gasteiger partial charge >= 0.3 is 5.97 Å². The van der Waals surface area contributed by atoms with Crippen molar-refractivity contribution in [2.75, 3.05) is 7.11 Å². The molecule has 0 unspecified atom stereocenters.